The highest BCUT2D eigenvalue weighted by Crippen LogP contribution is 2.49. The van der Waals surface area contributed by atoms with E-state index in [0.717, 1.165) is 31.5 Å². The third-order valence-electron chi connectivity index (χ3n) is 5.04. The second-order valence-electron chi connectivity index (χ2n) is 5.93. The first-order chi connectivity index (χ1) is 9.68. The Hall–Kier alpha value is -1.10. The zero-order valence-electron chi connectivity index (χ0n) is 12.3. The van der Waals surface area contributed by atoms with Gasteiger partial charge in [0, 0.05) is 37.6 Å². The van der Waals surface area contributed by atoms with E-state index in [9.17, 15) is 4.79 Å². The molecule has 1 amide bonds. The Balaban J connectivity index is 0.00000161. The lowest BCUT2D eigenvalue weighted by Gasteiger charge is -2.52. The van der Waals surface area contributed by atoms with Gasteiger partial charge in [-0.2, -0.15) is 0 Å². The van der Waals surface area contributed by atoms with Gasteiger partial charge in [0.1, 0.15) is 5.60 Å². The summed E-state index contributed by atoms with van der Waals surface area (Å²) >= 11 is 0. The monoisotopic (exact) mass is 310 g/mol. The fraction of sp³-hybridized carbons (Fsp3) is 0.562. The Bertz CT molecular complexity index is 499. The number of methoxy groups -OCH3 is 1. The predicted octanol–water partition coefficient (Wildman–Crippen LogP) is 2.07. The molecule has 21 heavy (non-hydrogen) atoms. The molecule has 2 aliphatic rings. The summed E-state index contributed by atoms with van der Waals surface area (Å²) in [5, 5.41) is 3.51. The summed E-state index contributed by atoms with van der Waals surface area (Å²) < 4.78 is 6.07. The van der Waals surface area contributed by atoms with Gasteiger partial charge in [0.25, 0.3) is 0 Å². The molecule has 1 aromatic carbocycles. The second-order valence-corrected chi connectivity index (χ2v) is 5.93. The summed E-state index contributed by atoms with van der Waals surface area (Å²) in [6, 6.07) is 7.68. The number of halogens is 1. The molecule has 1 aliphatic carbocycles. The van der Waals surface area contributed by atoms with Crippen LogP contribution in [-0.2, 0) is 10.3 Å². The number of fused-ring (bicyclic) bond motifs is 2. The maximum atomic E-state index is 11.4. The van der Waals surface area contributed by atoms with Crippen molar-refractivity contribution in [3.63, 3.8) is 0 Å². The smallest absolute Gasteiger partial charge is 0.248 e. The summed E-state index contributed by atoms with van der Waals surface area (Å²) in [7, 11) is 1.80. The minimum atomic E-state index is -0.378. The van der Waals surface area contributed by atoms with Crippen molar-refractivity contribution in [2.24, 2.45) is 17.6 Å². The van der Waals surface area contributed by atoms with Crippen LogP contribution in [0.1, 0.15) is 35.2 Å². The molecule has 4 nitrogen and oxygen atoms in total. The van der Waals surface area contributed by atoms with Crippen molar-refractivity contribution >= 4 is 18.3 Å². The number of nitrogens with two attached hydrogens (primary N) is 1. The Morgan fingerprint density at radius 1 is 1.33 bits per heavy atom. The average molecular weight is 311 g/mol. The predicted molar refractivity (Wildman–Crippen MR) is 84.6 cm³/mol. The number of nitrogens with one attached hydrogen (secondary N) is 1. The molecule has 2 unspecified atom stereocenters. The topological polar surface area (TPSA) is 64.3 Å². The van der Waals surface area contributed by atoms with Crippen molar-refractivity contribution in [2.45, 2.75) is 24.9 Å². The summed E-state index contributed by atoms with van der Waals surface area (Å²) in [6.45, 7) is 1.95. The Morgan fingerprint density at radius 2 is 2.00 bits per heavy atom. The van der Waals surface area contributed by atoms with Crippen LogP contribution in [0.5, 0.6) is 0 Å². The molecule has 1 saturated heterocycles. The third kappa shape index (κ3) is 2.56. The van der Waals surface area contributed by atoms with Crippen LogP contribution in [0.25, 0.3) is 0 Å². The minimum Gasteiger partial charge on any atom is -0.373 e. The zero-order valence-corrected chi connectivity index (χ0v) is 13.1. The van der Waals surface area contributed by atoms with Crippen molar-refractivity contribution < 1.29 is 9.53 Å². The highest BCUT2D eigenvalue weighted by Gasteiger charge is 2.51. The lowest BCUT2D eigenvalue weighted by molar-refractivity contribution is -0.144. The number of hydrogen-bond acceptors (Lipinski definition) is 3. The first kappa shape index (κ1) is 16.3. The number of piperidine rings is 1. The number of carbonyl (C=O) groups is 1. The van der Waals surface area contributed by atoms with Crippen molar-refractivity contribution in [3.05, 3.63) is 35.4 Å². The number of rotatable bonds is 3. The average Bonchev–Trinajstić information content (AvgIpc) is 2.46. The van der Waals surface area contributed by atoms with Crippen LogP contribution in [-0.4, -0.2) is 26.1 Å². The van der Waals surface area contributed by atoms with E-state index in [1.807, 2.05) is 12.1 Å². The summed E-state index contributed by atoms with van der Waals surface area (Å²) in [5.74, 6) is 0.545. The number of primary amides is 1. The number of ether oxygens (including phenoxy) is 1. The van der Waals surface area contributed by atoms with Crippen molar-refractivity contribution in [3.8, 4) is 0 Å². The van der Waals surface area contributed by atoms with E-state index < -0.39 is 0 Å². The van der Waals surface area contributed by atoms with Gasteiger partial charge in [0.2, 0.25) is 5.91 Å². The summed E-state index contributed by atoms with van der Waals surface area (Å²) in [6.07, 6.45) is 3.59. The van der Waals surface area contributed by atoms with Crippen LogP contribution in [0.3, 0.4) is 0 Å². The van der Waals surface area contributed by atoms with E-state index >= 15 is 0 Å². The first-order valence-electron chi connectivity index (χ1n) is 7.34. The molecule has 0 aromatic heterocycles. The fourth-order valence-corrected chi connectivity index (χ4v) is 4.15. The quantitative estimate of drug-likeness (QED) is 0.898. The molecular weight excluding hydrogens is 288 g/mol. The second kappa shape index (κ2) is 6.34. The van der Waals surface area contributed by atoms with Crippen LogP contribution in [0, 0.1) is 11.8 Å². The molecule has 2 fully saturated rings. The first-order valence-corrected chi connectivity index (χ1v) is 7.34. The number of benzene rings is 1. The maximum absolute atomic E-state index is 11.4. The van der Waals surface area contributed by atoms with Crippen LogP contribution < -0.4 is 11.1 Å². The van der Waals surface area contributed by atoms with Gasteiger partial charge in [-0.25, -0.2) is 0 Å². The van der Waals surface area contributed by atoms with Gasteiger partial charge >= 0.3 is 0 Å². The van der Waals surface area contributed by atoms with E-state index in [-0.39, 0.29) is 23.9 Å². The van der Waals surface area contributed by atoms with E-state index in [4.69, 9.17) is 10.5 Å². The number of hydrogen-bond donors (Lipinski definition) is 2. The Morgan fingerprint density at radius 3 is 2.57 bits per heavy atom. The van der Waals surface area contributed by atoms with Gasteiger partial charge in [0.15, 0.2) is 0 Å². The van der Waals surface area contributed by atoms with Crippen molar-refractivity contribution in [1.82, 2.24) is 5.32 Å². The molecule has 2 bridgehead atoms. The van der Waals surface area contributed by atoms with E-state index in [0.29, 0.717) is 17.4 Å². The molecule has 0 radical (unpaired) electrons. The normalized spacial score (nSPS) is 31.3. The molecule has 1 saturated carbocycles. The Labute approximate surface area is 131 Å². The van der Waals surface area contributed by atoms with Gasteiger partial charge in [-0.3, -0.25) is 4.79 Å². The third-order valence-corrected chi connectivity index (χ3v) is 5.04. The SMILES string of the molecule is COC1(c2cccc(C(N)=O)c2)C2CCCC1CNC2.Cl. The minimum absolute atomic E-state index is 0. The number of carbonyl (C=O) groups excluding carboxylic acids is 1. The van der Waals surface area contributed by atoms with Crippen molar-refractivity contribution in [2.75, 3.05) is 20.2 Å². The highest BCUT2D eigenvalue weighted by molar-refractivity contribution is 5.92. The van der Waals surface area contributed by atoms with E-state index in [2.05, 4.69) is 11.4 Å². The van der Waals surface area contributed by atoms with Crippen LogP contribution >= 0.6 is 12.4 Å². The molecule has 116 valence electrons. The van der Waals surface area contributed by atoms with Gasteiger partial charge < -0.3 is 15.8 Å². The zero-order chi connectivity index (χ0) is 14.2. The molecule has 1 aromatic rings. The molecule has 3 rings (SSSR count). The lowest BCUT2D eigenvalue weighted by atomic mass is 9.63. The number of amides is 1. The fourth-order valence-electron chi connectivity index (χ4n) is 4.15. The summed E-state index contributed by atoms with van der Waals surface area (Å²) in [4.78, 5) is 11.4. The van der Waals surface area contributed by atoms with Gasteiger partial charge in [-0.15, -0.1) is 12.4 Å². The van der Waals surface area contributed by atoms with Crippen LogP contribution in [0.4, 0.5) is 0 Å². The molecule has 5 heteroatoms. The van der Waals surface area contributed by atoms with Crippen LogP contribution in [0.2, 0.25) is 0 Å². The van der Waals surface area contributed by atoms with Gasteiger partial charge in [0.05, 0.1) is 0 Å². The lowest BCUT2D eigenvalue weighted by Crippen LogP contribution is -2.57. The van der Waals surface area contributed by atoms with Gasteiger partial charge in [-0.05, 0) is 30.5 Å². The molecule has 3 N–H and O–H groups in total. The molecule has 1 aliphatic heterocycles. The van der Waals surface area contributed by atoms with E-state index in [1.54, 1.807) is 13.2 Å². The van der Waals surface area contributed by atoms with Crippen molar-refractivity contribution in [1.29, 1.82) is 0 Å². The summed E-state index contributed by atoms with van der Waals surface area (Å²) in [5.41, 5.74) is 6.82. The van der Waals surface area contributed by atoms with Gasteiger partial charge in [-0.1, -0.05) is 18.6 Å². The molecular formula is C16H23ClN2O2. The molecule has 1 heterocycles. The van der Waals surface area contributed by atoms with Crippen LogP contribution in [0.15, 0.2) is 24.3 Å². The standard InChI is InChI=1S/C16H22N2O2.ClH/c1-20-16(12-5-2-4-11(8-12)15(17)19)13-6-3-7-14(16)10-18-9-13;/h2,4-5,8,13-14,18H,3,6-7,9-10H2,1H3,(H2,17,19);1H. The highest BCUT2D eigenvalue weighted by atomic mass is 35.5. The Kier molecular flexibility index (Phi) is 4.91. The largest absolute Gasteiger partial charge is 0.373 e. The van der Waals surface area contributed by atoms with E-state index in [1.165, 1.54) is 6.42 Å². The maximum Gasteiger partial charge on any atom is 0.248 e. The molecule has 2 atom stereocenters. The molecule has 0 spiro atoms.